The molecule has 0 radical (unpaired) electrons. The van der Waals surface area contributed by atoms with E-state index in [1.807, 2.05) is 0 Å². The molecule has 1 saturated carbocycles. The molecule has 0 saturated heterocycles. The second-order valence-electron chi connectivity index (χ2n) is 3.65. The van der Waals surface area contributed by atoms with E-state index in [2.05, 4.69) is 5.16 Å². The Morgan fingerprint density at radius 1 is 1.23 bits per heavy atom. The molecule has 0 aromatic rings. The molecule has 0 aromatic heterocycles. The van der Waals surface area contributed by atoms with Crippen molar-refractivity contribution in [3.63, 3.8) is 0 Å². The number of halogens is 2. The second-order valence-corrected chi connectivity index (χ2v) is 3.65. The van der Waals surface area contributed by atoms with Crippen LogP contribution in [0.2, 0.25) is 0 Å². The summed E-state index contributed by atoms with van der Waals surface area (Å²) in [7, 11) is 0. The molecular weight excluding hydrogens is 176 g/mol. The van der Waals surface area contributed by atoms with E-state index < -0.39 is 18.8 Å². The SMILES string of the molecule is ON=C(CF)C1(CF)CCCCC1. The first-order valence-corrected chi connectivity index (χ1v) is 4.62. The zero-order chi connectivity index (χ0) is 9.73. The van der Waals surface area contributed by atoms with Crippen LogP contribution < -0.4 is 0 Å². The molecule has 1 fully saturated rings. The Bertz CT molecular complexity index is 188. The van der Waals surface area contributed by atoms with Crippen LogP contribution in [0, 0.1) is 5.41 Å². The molecule has 1 aliphatic rings. The van der Waals surface area contributed by atoms with Crippen molar-refractivity contribution < 1.29 is 14.0 Å². The lowest BCUT2D eigenvalue weighted by Gasteiger charge is -2.34. The number of hydrogen-bond donors (Lipinski definition) is 1. The highest BCUT2D eigenvalue weighted by Gasteiger charge is 2.37. The number of alkyl halides is 2. The summed E-state index contributed by atoms with van der Waals surface area (Å²) < 4.78 is 25.2. The van der Waals surface area contributed by atoms with Gasteiger partial charge in [0, 0.05) is 5.41 Å². The first-order valence-electron chi connectivity index (χ1n) is 4.62. The predicted octanol–water partition coefficient (Wildman–Crippen LogP) is 2.71. The summed E-state index contributed by atoms with van der Waals surface area (Å²) in [5.74, 6) is 0. The van der Waals surface area contributed by atoms with Gasteiger partial charge in [0.1, 0.15) is 13.3 Å². The highest BCUT2D eigenvalue weighted by atomic mass is 19.1. The highest BCUT2D eigenvalue weighted by molar-refractivity contribution is 5.91. The molecule has 0 bridgehead atoms. The molecule has 0 heterocycles. The minimum absolute atomic E-state index is 0.0188. The molecule has 1 N–H and O–H groups in total. The van der Waals surface area contributed by atoms with E-state index in [4.69, 9.17) is 5.21 Å². The second kappa shape index (κ2) is 4.53. The molecule has 4 heteroatoms. The van der Waals surface area contributed by atoms with Gasteiger partial charge in [-0.3, -0.25) is 4.39 Å². The lowest BCUT2D eigenvalue weighted by molar-refractivity contribution is 0.200. The molecule has 1 aliphatic carbocycles. The number of rotatable bonds is 3. The van der Waals surface area contributed by atoms with Gasteiger partial charge in [-0.25, -0.2) is 4.39 Å². The van der Waals surface area contributed by atoms with Gasteiger partial charge in [0.2, 0.25) is 0 Å². The Morgan fingerprint density at radius 2 is 1.85 bits per heavy atom. The highest BCUT2D eigenvalue weighted by Crippen LogP contribution is 2.38. The third-order valence-corrected chi connectivity index (χ3v) is 2.93. The van der Waals surface area contributed by atoms with Gasteiger partial charge in [-0.2, -0.15) is 0 Å². The van der Waals surface area contributed by atoms with E-state index in [1.165, 1.54) is 0 Å². The zero-order valence-corrected chi connectivity index (χ0v) is 7.60. The van der Waals surface area contributed by atoms with Crippen molar-refractivity contribution in [1.29, 1.82) is 0 Å². The van der Waals surface area contributed by atoms with E-state index in [0.29, 0.717) is 12.8 Å². The minimum Gasteiger partial charge on any atom is -0.411 e. The molecular formula is C9H15F2NO. The lowest BCUT2D eigenvalue weighted by Crippen LogP contribution is -2.36. The number of oxime groups is 1. The smallest absolute Gasteiger partial charge is 0.132 e. The van der Waals surface area contributed by atoms with Crippen LogP contribution in [0.15, 0.2) is 5.16 Å². The average molecular weight is 191 g/mol. The third-order valence-electron chi connectivity index (χ3n) is 2.93. The molecule has 0 amide bonds. The van der Waals surface area contributed by atoms with Crippen LogP contribution in [-0.2, 0) is 0 Å². The van der Waals surface area contributed by atoms with Gasteiger partial charge in [0.05, 0.1) is 5.71 Å². The van der Waals surface area contributed by atoms with Crippen LogP contribution in [0.1, 0.15) is 32.1 Å². The largest absolute Gasteiger partial charge is 0.411 e. The van der Waals surface area contributed by atoms with Crippen molar-refractivity contribution >= 4 is 5.71 Å². The summed E-state index contributed by atoms with van der Waals surface area (Å²) in [5, 5.41) is 11.4. The Balaban J connectivity index is 2.77. The molecule has 1 rings (SSSR count). The summed E-state index contributed by atoms with van der Waals surface area (Å²) >= 11 is 0. The van der Waals surface area contributed by atoms with E-state index in [9.17, 15) is 8.78 Å². The minimum atomic E-state index is -0.847. The first kappa shape index (κ1) is 10.4. The fourth-order valence-electron chi connectivity index (χ4n) is 2.00. The quantitative estimate of drug-likeness (QED) is 0.415. The normalized spacial score (nSPS) is 23.1. The monoisotopic (exact) mass is 191 g/mol. The van der Waals surface area contributed by atoms with Gasteiger partial charge in [-0.15, -0.1) is 0 Å². The van der Waals surface area contributed by atoms with Crippen LogP contribution in [-0.4, -0.2) is 24.3 Å². The van der Waals surface area contributed by atoms with Crippen molar-refractivity contribution in [2.24, 2.45) is 10.6 Å². The Hall–Kier alpha value is -0.670. The summed E-state index contributed by atoms with van der Waals surface area (Å²) in [6, 6.07) is 0. The van der Waals surface area contributed by atoms with Crippen LogP contribution in [0.5, 0.6) is 0 Å². The van der Waals surface area contributed by atoms with Gasteiger partial charge < -0.3 is 5.21 Å². The molecule has 2 nitrogen and oxygen atoms in total. The Labute approximate surface area is 76.6 Å². The average Bonchev–Trinajstić information content (AvgIpc) is 2.21. The maximum atomic E-state index is 12.8. The summed E-state index contributed by atoms with van der Waals surface area (Å²) in [6.07, 6.45) is 4.05. The molecule has 0 aliphatic heterocycles. The van der Waals surface area contributed by atoms with Gasteiger partial charge >= 0.3 is 0 Å². The Morgan fingerprint density at radius 3 is 2.23 bits per heavy atom. The Kier molecular flexibility index (Phi) is 3.63. The van der Waals surface area contributed by atoms with Crippen molar-refractivity contribution in [2.75, 3.05) is 13.3 Å². The van der Waals surface area contributed by atoms with E-state index in [-0.39, 0.29) is 5.71 Å². The molecule has 0 spiro atoms. The standard InChI is InChI=1S/C9H15F2NO/c10-6-8(12-13)9(7-11)4-2-1-3-5-9/h13H,1-7H2. The van der Waals surface area contributed by atoms with Crippen molar-refractivity contribution in [2.45, 2.75) is 32.1 Å². The van der Waals surface area contributed by atoms with Gasteiger partial charge in [-0.05, 0) is 12.8 Å². The van der Waals surface area contributed by atoms with Gasteiger partial charge in [0.25, 0.3) is 0 Å². The van der Waals surface area contributed by atoms with E-state index >= 15 is 0 Å². The summed E-state index contributed by atoms with van der Waals surface area (Å²) in [5.41, 5.74) is -0.823. The topological polar surface area (TPSA) is 32.6 Å². The van der Waals surface area contributed by atoms with Crippen LogP contribution in [0.25, 0.3) is 0 Å². The maximum Gasteiger partial charge on any atom is 0.132 e. The predicted molar refractivity (Wildman–Crippen MR) is 46.7 cm³/mol. The molecule has 0 unspecified atom stereocenters. The number of nitrogens with zero attached hydrogens (tertiary/aromatic N) is 1. The number of hydrogen-bond acceptors (Lipinski definition) is 2. The maximum absolute atomic E-state index is 12.8. The zero-order valence-electron chi connectivity index (χ0n) is 7.60. The molecule has 0 atom stereocenters. The van der Waals surface area contributed by atoms with Gasteiger partial charge in [0.15, 0.2) is 0 Å². The van der Waals surface area contributed by atoms with E-state index in [0.717, 1.165) is 19.3 Å². The van der Waals surface area contributed by atoms with Crippen LogP contribution in [0.3, 0.4) is 0 Å². The van der Waals surface area contributed by atoms with E-state index in [1.54, 1.807) is 0 Å². The van der Waals surface area contributed by atoms with Crippen molar-refractivity contribution in [1.82, 2.24) is 0 Å². The van der Waals surface area contributed by atoms with Crippen molar-refractivity contribution in [3.05, 3.63) is 0 Å². The van der Waals surface area contributed by atoms with Crippen LogP contribution >= 0.6 is 0 Å². The third kappa shape index (κ3) is 1.98. The fourth-order valence-corrected chi connectivity index (χ4v) is 2.00. The lowest BCUT2D eigenvalue weighted by atomic mass is 9.72. The molecule has 76 valence electrons. The summed E-state index contributed by atoms with van der Waals surface area (Å²) in [6.45, 7) is -1.46. The molecule has 0 aromatic carbocycles. The first-order chi connectivity index (χ1) is 6.29. The van der Waals surface area contributed by atoms with Gasteiger partial charge in [-0.1, -0.05) is 24.4 Å². The molecule has 13 heavy (non-hydrogen) atoms. The summed E-state index contributed by atoms with van der Waals surface area (Å²) in [4.78, 5) is 0. The fraction of sp³-hybridized carbons (Fsp3) is 0.889. The van der Waals surface area contributed by atoms with Crippen LogP contribution in [0.4, 0.5) is 8.78 Å². The van der Waals surface area contributed by atoms with Crippen molar-refractivity contribution in [3.8, 4) is 0 Å².